The van der Waals surface area contributed by atoms with Crippen LogP contribution in [0.2, 0.25) is 0 Å². The second-order valence-electron chi connectivity index (χ2n) is 4.55. The van der Waals surface area contributed by atoms with E-state index < -0.39 is 11.6 Å². The largest absolute Gasteiger partial charge is 0.465 e. The Kier molecular flexibility index (Phi) is 3.28. The molecule has 0 radical (unpaired) electrons. The monoisotopic (exact) mass is 280 g/mol. The van der Waals surface area contributed by atoms with Crippen LogP contribution in [-0.2, 0) is 4.74 Å². The first kappa shape index (κ1) is 13.1. The molecule has 4 heteroatoms. The van der Waals surface area contributed by atoms with Crippen molar-refractivity contribution in [1.29, 1.82) is 0 Å². The van der Waals surface area contributed by atoms with Gasteiger partial charge in [-0.25, -0.2) is 9.59 Å². The number of methoxy groups -OCH3 is 1. The Balaban J connectivity index is 2.25. The SMILES string of the molecule is COC(=O)c1cccc(-c2cc(=O)oc3ccccc23)c1. The van der Waals surface area contributed by atoms with E-state index in [0.29, 0.717) is 11.1 Å². The zero-order chi connectivity index (χ0) is 14.8. The van der Waals surface area contributed by atoms with Crippen molar-refractivity contribution in [3.8, 4) is 11.1 Å². The normalized spacial score (nSPS) is 10.5. The smallest absolute Gasteiger partial charge is 0.337 e. The number of hydrogen-bond donors (Lipinski definition) is 0. The van der Waals surface area contributed by atoms with E-state index in [4.69, 9.17) is 9.15 Å². The minimum Gasteiger partial charge on any atom is -0.465 e. The second kappa shape index (κ2) is 5.25. The first-order valence-corrected chi connectivity index (χ1v) is 6.40. The van der Waals surface area contributed by atoms with Gasteiger partial charge in [0, 0.05) is 11.5 Å². The van der Waals surface area contributed by atoms with Gasteiger partial charge in [-0.3, -0.25) is 0 Å². The summed E-state index contributed by atoms with van der Waals surface area (Å²) >= 11 is 0. The molecule has 2 aromatic carbocycles. The third-order valence-electron chi connectivity index (χ3n) is 3.24. The molecule has 0 fully saturated rings. The van der Waals surface area contributed by atoms with Crippen LogP contribution >= 0.6 is 0 Å². The minimum atomic E-state index is -0.424. The number of hydrogen-bond acceptors (Lipinski definition) is 4. The van der Waals surface area contributed by atoms with Crippen molar-refractivity contribution in [2.75, 3.05) is 7.11 Å². The Morgan fingerprint density at radius 2 is 1.86 bits per heavy atom. The summed E-state index contributed by atoms with van der Waals surface area (Å²) in [6, 6.07) is 15.7. The predicted octanol–water partition coefficient (Wildman–Crippen LogP) is 3.25. The van der Waals surface area contributed by atoms with Crippen molar-refractivity contribution in [1.82, 2.24) is 0 Å². The molecule has 0 atom stereocenters. The van der Waals surface area contributed by atoms with E-state index in [1.54, 1.807) is 30.3 Å². The van der Waals surface area contributed by atoms with Crippen molar-refractivity contribution < 1.29 is 13.9 Å². The maximum Gasteiger partial charge on any atom is 0.337 e. The summed E-state index contributed by atoms with van der Waals surface area (Å²) in [5, 5.41) is 0.819. The summed E-state index contributed by atoms with van der Waals surface area (Å²) < 4.78 is 9.89. The molecule has 0 saturated carbocycles. The lowest BCUT2D eigenvalue weighted by atomic mass is 10.0. The Hall–Kier alpha value is -2.88. The number of benzene rings is 2. The number of ether oxygens (including phenoxy) is 1. The van der Waals surface area contributed by atoms with Gasteiger partial charge in [-0.1, -0.05) is 30.3 Å². The fourth-order valence-corrected chi connectivity index (χ4v) is 2.28. The van der Waals surface area contributed by atoms with Crippen molar-refractivity contribution >= 4 is 16.9 Å². The average Bonchev–Trinajstić information content (AvgIpc) is 2.53. The highest BCUT2D eigenvalue weighted by Crippen LogP contribution is 2.27. The molecule has 0 aliphatic heterocycles. The summed E-state index contributed by atoms with van der Waals surface area (Å²) in [6.45, 7) is 0. The Labute approximate surface area is 120 Å². The van der Waals surface area contributed by atoms with Crippen molar-refractivity contribution in [2.45, 2.75) is 0 Å². The molecule has 0 aliphatic carbocycles. The van der Waals surface area contributed by atoms with Crippen LogP contribution < -0.4 is 5.63 Å². The van der Waals surface area contributed by atoms with E-state index in [0.717, 1.165) is 16.5 Å². The Morgan fingerprint density at radius 3 is 2.67 bits per heavy atom. The van der Waals surface area contributed by atoms with Crippen LogP contribution in [0.15, 0.2) is 63.8 Å². The molecular weight excluding hydrogens is 268 g/mol. The molecule has 3 rings (SSSR count). The van der Waals surface area contributed by atoms with Crippen LogP contribution in [0.25, 0.3) is 22.1 Å². The highest BCUT2D eigenvalue weighted by molar-refractivity contribution is 5.96. The number of rotatable bonds is 2. The number of para-hydroxylation sites is 1. The van der Waals surface area contributed by atoms with Gasteiger partial charge in [0.2, 0.25) is 0 Å². The fraction of sp³-hybridized carbons (Fsp3) is 0.0588. The van der Waals surface area contributed by atoms with E-state index in [1.165, 1.54) is 13.2 Å². The van der Waals surface area contributed by atoms with Crippen LogP contribution in [-0.4, -0.2) is 13.1 Å². The first-order valence-electron chi connectivity index (χ1n) is 6.40. The van der Waals surface area contributed by atoms with E-state index >= 15 is 0 Å². The Bertz CT molecular complexity index is 877. The molecule has 0 saturated heterocycles. The lowest BCUT2D eigenvalue weighted by molar-refractivity contribution is 0.0601. The average molecular weight is 280 g/mol. The maximum absolute atomic E-state index is 11.7. The third-order valence-corrected chi connectivity index (χ3v) is 3.24. The van der Waals surface area contributed by atoms with E-state index in [1.807, 2.05) is 18.2 Å². The molecule has 0 bridgehead atoms. The number of carbonyl (C=O) groups excluding carboxylic acids is 1. The molecule has 21 heavy (non-hydrogen) atoms. The van der Waals surface area contributed by atoms with Gasteiger partial charge < -0.3 is 9.15 Å². The molecule has 0 spiro atoms. The molecule has 0 unspecified atom stereocenters. The molecule has 1 heterocycles. The van der Waals surface area contributed by atoms with Crippen molar-refractivity contribution in [3.63, 3.8) is 0 Å². The molecular formula is C17H12O4. The maximum atomic E-state index is 11.7. The molecule has 4 nitrogen and oxygen atoms in total. The lowest BCUT2D eigenvalue weighted by Crippen LogP contribution is -2.02. The standard InChI is InChI=1S/C17H12O4/c1-20-17(19)12-6-4-5-11(9-12)14-10-16(18)21-15-8-3-2-7-13(14)15/h2-10H,1H3. The molecule has 104 valence electrons. The predicted molar refractivity (Wildman–Crippen MR) is 79.3 cm³/mol. The van der Waals surface area contributed by atoms with Gasteiger partial charge in [0.05, 0.1) is 12.7 Å². The minimum absolute atomic E-state index is 0.413. The van der Waals surface area contributed by atoms with Gasteiger partial charge in [-0.15, -0.1) is 0 Å². The van der Waals surface area contributed by atoms with Crippen LogP contribution in [0.5, 0.6) is 0 Å². The van der Waals surface area contributed by atoms with Crippen LogP contribution in [0.4, 0.5) is 0 Å². The molecule has 1 aromatic heterocycles. The number of esters is 1. The second-order valence-corrected chi connectivity index (χ2v) is 4.55. The van der Waals surface area contributed by atoms with Gasteiger partial charge in [-0.2, -0.15) is 0 Å². The number of carbonyl (C=O) groups is 1. The van der Waals surface area contributed by atoms with Crippen molar-refractivity contribution in [2.24, 2.45) is 0 Å². The van der Waals surface area contributed by atoms with E-state index in [2.05, 4.69) is 0 Å². The molecule has 0 N–H and O–H groups in total. The lowest BCUT2D eigenvalue weighted by Gasteiger charge is -2.07. The number of fused-ring (bicyclic) bond motifs is 1. The van der Waals surface area contributed by atoms with Crippen LogP contribution in [0.3, 0.4) is 0 Å². The van der Waals surface area contributed by atoms with Gasteiger partial charge in [-0.05, 0) is 29.3 Å². The summed E-state index contributed by atoms with van der Waals surface area (Å²) in [4.78, 5) is 23.3. The van der Waals surface area contributed by atoms with E-state index in [-0.39, 0.29) is 0 Å². The van der Waals surface area contributed by atoms with Gasteiger partial charge in [0.25, 0.3) is 0 Å². The molecule has 0 aliphatic rings. The topological polar surface area (TPSA) is 56.5 Å². The molecule has 3 aromatic rings. The van der Waals surface area contributed by atoms with E-state index in [9.17, 15) is 9.59 Å². The summed E-state index contributed by atoms with van der Waals surface area (Å²) in [5.74, 6) is -0.413. The first-order chi connectivity index (χ1) is 10.2. The highest BCUT2D eigenvalue weighted by atomic mass is 16.5. The van der Waals surface area contributed by atoms with Crippen molar-refractivity contribution in [3.05, 3.63) is 70.6 Å². The van der Waals surface area contributed by atoms with Crippen LogP contribution in [0, 0.1) is 0 Å². The summed E-state index contributed by atoms with van der Waals surface area (Å²) in [7, 11) is 1.33. The fourth-order valence-electron chi connectivity index (χ4n) is 2.28. The summed E-state index contributed by atoms with van der Waals surface area (Å²) in [5.41, 5.74) is 2.03. The van der Waals surface area contributed by atoms with Crippen LogP contribution in [0.1, 0.15) is 10.4 Å². The summed E-state index contributed by atoms with van der Waals surface area (Å²) in [6.07, 6.45) is 0. The third kappa shape index (κ3) is 2.43. The zero-order valence-corrected chi connectivity index (χ0v) is 11.3. The quantitative estimate of drug-likeness (QED) is 0.534. The van der Waals surface area contributed by atoms with Gasteiger partial charge in [0.15, 0.2) is 0 Å². The highest BCUT2D eigenvalue weighted by Gasteiger charge is 2.10. The van der Waals surface area contributed by atoms with Gasteiger partial charge >= 0.3 is 11.6 Å². The zero-order valence-electron chi connectivity index (χ0n) is 11.3. The molecule has 0 amide bonds. The van der Waals surface area contributed by atoms with Gasteiger partial charge in [0.1, 0.15) is 5.58 Å². The Morgan fingerprint density at radius 1 is 1.05 bits per heavy atom.